The van der Waals surface area contributed by atoms with Gasteiger partial charge in [-0.3, -0.25) is 4.79 Å². The van der Waals surface area contributed by atoms with Gasteiger partial charge in [-0.15, -0.1) is 0 Å². The summed E-state index contributed by atoms with van der Waals surface area (Å²) in [4.78, 5) is 11.1. The Balaban J connectivity index is 2.12. The minimum Gasteiger partial charge on any atom is -0.466 e. The fourth-order valence-corrected chi connectivity index (χ4v) is 1.84. The van der Waals surface area contributed by atoms with E-state index in [1.54, 1.807) is 0 Å². The quantitative estimate of drug-likeness (QED) is 0.515. The summed E-state index contributed by atoms with van der Waals surface area (Å²) in [6, 6.07) is 8.77. The van der Waals surface area contributed by atoms with Crippen molar-refractivity contribution in [3.8, 4) is 0 Å². The summed E-state index contributed by atoms with van der Waals surface area (Å²) in [6.07, 6.45) is 5.58. The van der Waals surface area contributed by atoms with Gasteiger partial charge in [0.25, 0.3) is 0 Å². The molecule has 0 saturated heterocycles. The van der Waals surface area contributed by atoms with Gasteiger partial charge in [-0.05, 0) is 43.2 Å². The molecule has 0 saturated carbocycles. The minimum absolute atomic E-state index is 0.0650. The Bertz CT molecular complexity index is 341. The zero-order chi connectivity index (χ0) is 13.2. The standard InChI is InChI=1S/C16H24O2/c1-3-7-16(17)18-13-6-5-8-15-11-9-14(4-2)10-12-15/h9-12H,3-8,13H2,1-2H3. The van der Waals surface area contributed by atoms with Gasteiger partial charge in [-0.2, -0.15) is 0 Å². The van der Waals surface area contributed by atoms with Crippen molar-refractivity contribution in [2.75, 3.05) is 6.61 Å². The van der Waals surface area contributed by atoms with Crippen molar-refractivity contribution in [3.05, 3.63) is 35.4 Å². The van der Waals surface area contributed by atoms with E-state index in [-0.39, 0.29) is 5.97 Å². The van der Waals surface area contributed by atoms with Crippen LogP contribution < -0.4 is 0 Å². The van der Waals surface area contributed by atoms with Crippen LogP contribution in [-0.2, 0) is 22.4 Å². The molecule has 2 nitrogen and oxygen atoms in total. The van der Waals surface area contributed by atoms with Crippen molar-refractivity contribution < 1.29 is 9.53 Å². The van der Waals surface area contributed by atoms with Gasteiger partial charge in [0, 0.05) is 6.42 Å². The van der Waals surface area contributed by atoms with Crippen LogP contribution in [0.2, 0.25) is 0 Å². The molecule has 0 aliphatic heterocycles. The summed E-state index contributed by atoms with van der Waals surface area (Å²) in [6.45, 7) is 4.72. The van der Waals surface area contributed by atoms with Crippen LogP contribution in [0.25, 0.3) is 0 Å². The van der Waals surface area contributed by atoms with Gasteiger partial charge in [0.2, 0.25) is 0 Å². The van der Waals surface area contributed by atoms with E-state index in [9.17, 15) is 4.79 Å². The number of ether oxygens (including phenoxy) is 1. The average Bonchev–Trinajstić information content (AvgIpc) is 2.39. The fraction of sp³-hybridized carbons (Fsp3) is 0.562. The number of aryl methyl sites for hydroxylation is 2. The first-order valence-corrected chi connectivity index (χ1v) is 6.99. The van der Waals surface area contributed by atoms with E-state index in [1.807, 2.05) is 6.92 Å². The highest BCUT2D eigenvalue weighted by Gasteiger charge is 2.00. The second-order valence-corrected chi connectivity index (χ2v) is 4.60. The van der Waals surface area contributed by atoms with Gasteiger partial charge in [-0.1, -0.05) is 38.1 Å². The zero-order valence-corrected chi connectivity index (χ0v) is 11.6. The number of benzene rings is 1. The zero-order valence-electron chi connectivity index (χ0n) is 11.6. The van der Waals surface area contributed by atoms with Gasteiger partial charge >= 0.3 is 5.97 Å². The second kappa shape index (κ2) is 8.73. The molecule has 0 unspecified atom stereocenters. The summed E-state index contributed by atoms with van der Waals surface area (Å²) in [5.41, 5.74) is 2.75. The summed E-state index contributed by atoms with van der Waals surface area (Å²) in [5, 5.41) is 0. The fourth-order valence-electron chi connectivity index (χ4n) is 1.84. The van der Waals surface area contributed by atoms with E-state index >= 15 is 0 Å². The third-order valence-electron chi connectivity index (χ3n) is 3.01. The predicted octanol–water partition coefficient (Wildman–Crippen LogP) is 3.92. The molecule has 100 valence electrons. The molecular formula is C16H24O2. The molecule has 18 heavy (non-hydrogen) atoms. The number of esters is 1. The van der Waals surface area contributed by atoms with Crippen LogP contribution in [0.1, 0.15) is 50.7 Å². The average molecular weight is 248 g/mol. The first-order chi connectivity index (χ1) is 8.76. The molecule has 0 aromatic heterocycles. The van der Waals surface area contributed by atoms with E-state index in [0.29, 0.717) is 13.0 Å². The van der Waals surface area contributed by atoms with E-state index in [2.05, 4.69) is 31.2 Å². The molecule has 2 heteroatoms. The number of carbonyl (C=O) groups is 1. The molecule has 0 radical (unpaired) electrons. The third-order valence-corrected chi connectivity index (χ3v) is 3.01. The van der Waals surface area contributed by atoms with Crippen LogP contribution in [-0.4, -0.2) is 12.6 Å². The molecule has 1 rings (SSSR count). The van der Waals surface area contributed by atoms with Crippen LogP contribution in [0.3, 0.4) is 0 Å². The lowest BCUT2D eigenvalue weighted by Crippen LogP contribution is -2.05. The summed E-state index contributed by atoms with van der Waals surface area (Å²) >= 11 is 0. The number of unbranched alkanes of at least 4 members (excludes halogenated alkanes) is 1. The summed E-state index contributed by atoms with van der Waals surface area (Å²) in [5.74, 6) is -0.0650. The Hall–Kier alpha value is -1.31. The highest BCUT2D eigenvalue weighted by atomic mass is 16.5. The number of hydrogen-bond donors (Lipinski definition) is 0. The Morgan fingerprint density at radius 1 is 1.06 bits per heavy atom. The second-order valence-electron chi connectivity index (χ2n) is 4.60. The topological polar surface area (TPSA) is 26.3 Å². The number of rotatable bonds is 8. The molecule has 0 aliphatic carbocycles. The van der Waals surface area contributed by atoms with Crippen molar-refractivity contribution in [2.45, 2.75) is 52.4 Å². The molecule has 0 N–H and O–H groups in total. The summed E-state index contributed by atoms with van der Waals surface area (Å²) in [7, 11) is 0. The molecule has 0 amide bonds. The van der Waals surface area contributed by atoms with Gasteiger partial charge < -0.3 is 4.74 Å². The van der Waals surface area contributed by atoms with Gasteiger partial charge in [0.15, 0.2) is 0 Å². The van der Waals surface area contributed by atoms with E-state index < -0.39 is 0 Å². The first kappa shape index (κ1) is 14.7. The molecular weight excluding hydrogens is 224 g/mol. The Morgan fingerprint density at radius 2 is 1.72 bits per heavy atom. The smallest absolute Gasteiger partial charge is 0.305 e. The maximum absolute atomic E-state index is 11.1. The maximum Gasteiger partial charge on any atom is 0.305 e. The van der Waals surface area contributed by atoms with Crippen molar-refractivity contribution in [3.63, 3.8) is 0 Å². The molecule has 0 spiro atoms. The molecule has 0 atom stereocenters. The predicted molar refractivity (Wildman–Crippen MR) is 74.6 cm³/mol. The van der Waals surface area contributed by atoms with Crippen LogP contribution in [0.5, 0.6) is 0 Å². The highest BCUT2D eigenvalue weighted by molar-refractivity contribution is 5.69. The van der Waals surface area contributed by atoms with Crippen LogP contribution in [0.15, 0.2) is 24.3 Å². The highest BCUT2D eigenvalue weighted by Crippen LogP contribution is 2.08. The minimum atomic E-state index is -0.0650. The van der Waals surface area contributed by atoms with E-state index in [1.165, 1.54) is 11.1 Å². The van der Waals surface area contributed by atoms with Gasteiger partial charge in [-0.25, -0.2) is 0 Å². The van der Waals surface area contributed by atoms with Crippen molar-refractivity contribution in [1.82, 2.24) is 0 Å². The third kappa shape index (κ3) is 5.85. The monoisotopic (exact) mass is 248 g/mol. The van der Waals surface area contributed by atoms with Crippen LogP contribution >= 0.6 is 0 Å². The lowest BCUT2D eigenvalue weighted by Gasteiger charge is -2.05. The molecule has 1 aromatic carbocycles. The van der Waals surface area contributed by atoms with Crippen LogP contribution in [0, 0.1) is 0 Å². The van der Waals surface area contributed by atoms with Crippen molar-refractivity contribution >= 4 is 5.97 Å². The number of carbonyl (C=O) groups excluding carboxylic acids is 1. The molecule has 0 aliphatic rings. The number of hydrogen-bond acceptors (Lipinski definition) is 2. The van der Waals surface area contributed by atoms with Gasteiger partial charge in [0.1, 0.15) is 0 Å². The maximum atomic E-state index is 11.1. The Labute approximate surface area is 110 Å². The van der Waals surface area contributed by atoms with E-state index in [0.717, 1.165) is 32.1 Å². The normalized spacial score (nSPS) is 10.3. The van der Waals surface area contributed by atoms with E-state index in [4.69, 9.17) is 4.74 Å². The summed E-state index contributed by atoms with van der Waals surface area (Å²) < 4.78 is 5.12. The molecule has 0 fully saturated rings. The lowest BCUT2D eigenvalue weighted by molar-refractivity contribution is -0.143. The van der Waals surface area contributed by atoms with Gasteiger partial charge in [0.05, 0.1) is 6.61 Å². The SMILES string of the molecule is CCCC(=O)OCCCCc1ccc(CC)cc1. The molecule has 0 bridgehead atoms. The Morgan fingerprint density at radius 3 is 2.33 bits per heavy atom. The van der Waals surface area contributed by atoms with Crippen LogP contribution in [0.4, 0.5) is 0 Å². The van der Waals surface area contributed by atoms with Crippen molar-refractivity contribution in [1.29, 1.82) is 0 Å². The molecule has 0 heterocycles. The first-order valence-electron chi connectivity index (χ1n) is 6.99. The van der Waals surface area contributed by atoms with Crippen molar-refractivity contribution in [2.24, 2.45) is 0 Å². The largest absolute Gasteiger partial charge is 0.466 e. The molecule has 1 aromatic rings. The lowest BCUT2D eigenvalue weighted by atomic mass is 10.1. The Kier molecular flexibility index (Phi) is 7.16.